The summed E-state index contributed by atoms with van der Waals surface area (Å²) in [5.74, 6) is 2.00. The number of aryl methyl sites for hydroxylation is 1. The van der Waals surface area contributed by atoms with E-state index >= 15 is 0 Å². The van der Waals surface area contributed by atoms with Crippen molar-refractivity contribution in [1.82, 2.24) is 5.32 Å². The maximum atomic E-state index is 6.12. The highest BCUT2D eigenvalue weighted by atomic mass is 79.9. The van der Waals surface area contributed by atoms with Gasteiger partial charge >= 0.3 is 0 Å². The van der Waals surface area contributed by atoms with Crippen molar-refractivity contribution in [2.24, 2.45) is 4.99 Å². The first-order valence-corrected chi connectivity index (χ1v) is 11.6. The van der Waals surface area contributed by atoms with E-state index < -0.39 is 0 Å². The van der Waals surface area contributed by atoms with Crippen molar-refractivity contribution in [3.8, 4) is 11.3 Å². The van der Waals surface area contributed by atoms with Crippen LogP contribution in [-0.4, -0.2) is 5.84 Å². The summed E-state index contributed by atoms with van der Waals surface area (Å²) >= 11 is 3.54. The predicted octanol–water partition coefficient (Wildman–Crippen LogP) is 6.78. The fourth-order valence-electron chi connectivity index (χ4n) is 5.70. The van der Waals surface area contributed by atoms with Gasteiger partial charge in [-0.1, -0.05) is 54.0 Å². The summed E-state index contributed by atoms with van der Waals surface area (Å²) in [6.07, 6.45) is 5.50. The first kappa shape index (κ1) is 18.4. The lowest BCUT2D eigenvalue weighted by Gasteiger charge is -2.37. The van der Waals surface area contributed by atoms with Crippen LogP contribution in [0.3, 0.4) is 0 Å². The van der Waals surface area contributed by atoms with Gasteiger partial charge in [0.2, 0.25) is 0 Å². The number of halogens is 1. The number of rotatable bonds is 1. The van der Waals surface area contributed by atoms with Crippen LogP contribution in [-0.2, 0) is 11.8 Å². The number of hydrogen-bond acceptors (Lipinski definition) is 3. The first-order valence-electron chi connectivity index (χ1n) is 10.8. The van der Waals surface area contributed by atoms with E-state index in [2.05, 4.69) is 78.4 Å². The van der Waals surface area contributed by atoms with Crippen molar-refractivity contribution in [2.75, 3.05) is 0 Å². The van der Waals surface area contributed by atoms with Crippen LogP contribution in [0.15, 0.2) is 56.5 Å². The second-order valence-corrected chi connectivity index (χ2v) is 10.4. The molecule has 3 aromatic rings. The smallest absolute Gasteiger partial charge is 0.139 e. The third-order valence-corrected chi connectivity index (χ3v) is 7.71. The number of benzene rings is 2. The summed E-state index contributed by atoms with van der Waals surface area (Å²) in [7, 11) is 0. The zero-order chi connectivity index (χ0) is 20.6. The first-order chi connectivity index (χ1) is 14.4. The van der Waals surface area contributed by atoms with Gasteiger partial charge in [-0.15, -0.1) is 0 Å². The van der Waals surface area contributed by atoms with E-state index in [4.69, 9.17) is 9.41 Å². The summed E-state index contributed by atoms with van der Waals surface area (Å²) in [5, 5.41) is 3.75. The van der Waals surface area contributed by atoms with Crippen LogP contribution >= 0.6 is 15.9 Å². The van der Waals surface area contributed by atoms with E-state index in [0.29, 0.717) is 0 Å². The SMILES string of the molecule is Cc1coc2c1C1NC(c3ccc(Br)cc3)=NC1c1c-2ccc2c1CCCC2(C)C. The molecule has 3 nitrogen and oxygen atoms in total. The number of aliphatic imine (C=N–C) groups is 1. The molecule has 152 valence electrons. The van der Waals surface area contributed by atoms with Crippen LogP contribution in [0, 0.1) is 6.92 Å². The highest BCUT2D eigenvalue weighted by Crippen LogP contribution is 2.54. The predicted molar refractivity (Wildman–Crippen MR) is 124 cm³/mol. The minimum absolute atomic E-state index is 0.0892. The fourth-order valence-corrected chi connectivity index (χ4v) is 5.96. The van der Waals surface area contributed by atoms with Gasteiger partial charge in [-0.05, 0) is 66.0 Å². The van der Waals surface area contributed by atoms with Crippen LogP contribution in [0.1, 0.15) is 72.2 Å². The van der Waals surface area contributed by atoms with E-state index in [1.54, 1.807) is 0 Å². The topological polar surface area (TPSA) is 37.5 Å². The summed E-state index contributed by atoms with van der Waals surface area (Å²) < 4.78 is 7.20. The van der Waals surface area contributed by atoms with E-state index in [-0.39, 0.29) is 17.5 Å². The molecule has 2 unspecified atom stereocenters. The Labute approximate surface area is 185 Å². The van der Waals surface area contributed by atoms with E-state index in [1.807, 2.05) is 6.26 Å². The molecule has 0 amide bonds. The second-order valence-electron chi connectivity index (χ2n) is 9.50. The molecule has 2 heterocycles. The normalized spacial score (nSPS) is 23.0. The number of amidine groups is 1. The van der Waals surface area contributed by atoms with E-state index in [9.17, 15) is 0 Å². The molecule has 2 aliphatic carbocycles. The molecule has 2 aromatic carbocycles. The molecule has 0 bridgehead atoms. The molecular formula is C26H25BrN2O. The zero-order valence-electron chi connectivity index (χ0n) is 17.6. The largest absolute Gasteiger partial charge is 0.464 e. The van der Waals surface area contributed by atoms with Crippen molar-refractivity contribution >= 4 is 21.8 Å². The van der Waals surface area contributed by atoms with Crippen LogP contribution in [0.25, 0.3) is 11.3 Å². The summed E-state index contributed by atoms with van der Waals surface area (Å²) in [6, 6.07) is 13.3. The highest BCUT2D eigenvalue weighted by molar-refractivity contribution is 9.10. The molecule has 1 N–H and O–H groups in total. The molecule has 3 aliphatic rings. The van der Waals surface area contributed by atoms with Gasteiger partial charge in [-0.2, -0.15) is 0 Å². The maximum Gasteiger partial charge on any atom is 0.139 e. The molecule has 1 aliphatic heterocycles. The van der Waals surface area contributed by atoms with Crippen molar-refractivity contribution in [1.29, 1.82) is 0 Å². The monoisotopic (exact) mass is 460 g/mol. The summed E-state index contributed by atoms with van der Waals surface area (Å²) in [5.41, 5.74) is 9.40. The molecule has 0 saturated heterocycles. The number of fused-ring (bicyclic) bond motifs is 8. The Kier molecular flexibility index (Phi) is 3.89. The molecule has 0 saturated carbocycles. The Morgan fingerprint density at radius 3 is 2.70 bits per heavy atom. The lowest BCUT2D eigenvalue weighted by molar-refractivity contribution is 0.426. The van der Waals surface area contributed by atoms with Crippen molar-refractivity contribution in [3.63, 3.8) is 0 Å². The standard InChI is InChI=1S/C26H25BrN2O/c1-14-13-30-24-18-10-11-19-17(5-4-12-26(19,2)3)21(18)23-22(20(14)24)28-25(29-23)15-6-8-16(27)9-7-15/h6-11,13,22-23H,4-5,12H2,1-3H3,(H,28,29). The Bertz CT molecular complexity index is 1200. The van der Waals surface area contributed by atoms with Gasteiger partial charge in [-0.3, -0.25) is 4.99 Å². The quantitative estimate of drug-likeness (QED) is 0.434. The van der Waals surface area contributed by atoms with Gasteiger partial charge in [0.15, 0.2) is 0 Å². The van der Waals surface area contributed by atoms with Crippen molar-refractivity contribution in [3.05, 3.63) is 80.5 Å². The molecular weight excluding hydrogens is 436 g/mol. The number of furan rings is 1. The second kappa shape index (κ2) is 6.34. The minimum atomic E-state index is 0.0892. The Morgan fingerprint density at radius 2 is 1.90 bits per heavy atom. The summed E-state index contributed by atoms with van der Waals surface area (Å²) in [6.45, 7) is 6.90. The molecule has 0 radical (unpaired) electrons. The van der Waals surface area contributed by atoms with Gasteiger partial charge in [0.25, 0.3) is 0 Å². The minimum Gasteiger partial charge on any atom is -0.464 e. The summed E-state index contributed by atoms with van der Waals surface area (Å²) in [4.78, 5) is 5.28. The fraction of sp³-hybridized carbons (Fsp3) is 0.346. The Morgan fingerprint density at radius 1 is 1.10 bits per heavy atom. The maximum absolute atomic E-state index is 6.12. The molecule has 6 rings (SSSR count). The Balaban J connectivity index is 1.59. The van der Waals surface area contributed by atoms with E-state index in [1.165, 1.54) is 46.2 Å². The lowest BCUT2D eigenvalue weighted by atomic mass is 9.68. The van der Waals surface area contributed by atoms with E-state index in [0.717, 1.165) is 28.1 Å². The number of hydrogen-bond donors (Lipinski definition) is 1. The third-order valence-electron chi connectivity index (χ3n) is 7.18. The molecule has 2 atom stereocenters. The molecule has 0 fully saturated rings. The zero-order valence-corrected chi connectivity index (χ0v) is 19.1. The number of nitrogens with zero attached hydrogens (tertiary/aromatic N) is 1. The lowest BCUT2D eigenvalue weighted by Crippen LogP contribution is -2.30. The highest BCUT2D eigenvalue weighted by Gasteiger charge is 2.44. The van der Waals surface area contributed by atoms with Crippen LogP contribution in [0.4, 0.5) is 0 Å². The van der Waals surface area contributed by atoms with Gasteiger partial charge in [-0.25, -0.2) is 0 Å². The molecule has 4 heteroatoms. The number of nitrogens with one attached hydrogen (secondary N) is 1. The van der Waals surface area contributed by atoms with Gasteiger partial charge in [0, 0.05) is 21.2 Å². The van der Waals surface area contributed by atoms with Gasteiger partial charge in [0.1, 0.15) is 17.6 Å². The average Bonchev–Trinajstić information content (AvgIpc) is 3.32. The molecule has 0 spiro atoms. The van der Waals surface area contributed by atoms with Crippen LogP contribution in [0.2, 0.25) is 0 Å². The Hall–Kier alpha value is -2.33. The average molecular weight is 461 g/mol. The third kappa shape index (κ3) is 2.52. The van der Waals surface area contributed by atoms with Crippen LogP contribution in [0.5, 0.6) is 0 Å². The van der Waals surface area contributed by atoms with Crippen molar-refractivity contribution < 1.29 is 4.42 Å². The van der Waals surface area contributed by atoms with Crippen LogP contribution < -0.4 is 5.32 Å². The molecule has 30 heavy (non-hydrogen) atoms. The van der Waals surface area contributed by atoms with Crippen molar-refractivity contribution in [2.45, 2.75) is 57.5 Å². The van der Waals surface area contributed by atoms with Gasteiger partial charge < -0.3 is 9.73 Å². The molecule has 1 aromatic heterocycles. The van der Waals surface area contributed by atoms with Gasteiger partial charge in [0.05, 0.1) is 12.3 Å².